The number of carboxylic acid groups (broad SMARTS) is 1. The zero-order valence-electron chi connectivity index (χ0n) is 14.8. The van der Waals surface area contributed by atoms with E-state index in [0.29, 0.717) is 12.2 Å². The standard InChI is InChI=1S/C18H26N2O4S/c1-12(18(23)24)13(2)19-17(22)15(9-10-25-3)20-16(21)11-14-7-5-4-6-8-14/h4-8,12-13,15H,9-11H2,1-3H3,(H,19,22)(H,20,21)(H,23,24). The molecule has 1 aromatic rings. The van der Waals surface area contributed by atoms with E-state index in [9.17, 15) is 14.4 Å². The highest BCUT2D eigenvalue weighted by Gasteiger charge is 2.26. The van der Waals surface area contributed by atoms with Crippen LogP contribution in [0.15, 0.2) is 30.3 Å². The Labute approximate surface area is 152 Å². The molecule has 0 aliphatic carbocycles. The number of nitrogens with one attached hydrogen (secondary N) is 2. The van der Waals surface area contributed by atoms with Crippen LogP contribution < -0.4 is 10.6 Å². The monoisotopic (exact) mass is 366 g/mol. The van der Waals surface area contributed by atoms with E-state index in [-0.39, 0.29) is 18.2 Å². The second kappa shape index (κ2) is 10.8. The van der Waals surface area contributed by atoms with Crippen LogP contribution in [0.25, 0.3) is 0 Å². The summed E-state index contributed by atoms with van der Waals surface area (Å²) in [7, 11) is 0. The minimum Gasteiger partial charge on any atom is -0.481 e. The molecule has 0 fully saturated rings. The van der Waals surface area contributed by atoms with Crippen LogP contribution in [0, 0.1) is 5.92 Å². The number of carbonyl (C=O) groups is 3. The normalized spacial score (nSPS) is 14.2. The molecule has 3 N–H and O–H groups in total. The van der Waals surface area contributed by atoms with Gasteiger partial charge in [0, 0.05) is 6.04 Å². The van der Waals surface area contributed by atoms with Crippen molar-refractivity contribution in [1.82, 2.24) is 10.6 Å². The fourth-order valence-electron chi connectivity index (χ4n) is 2.19. The molecule has 3 unspecified atom stereocenters. The van der Waals surface area contributed by atoms with Crippen LogP contribution in [0.4, 0.5) is 0 Å². The lowest BCUT2D eigenvalue weighted by atomic mass is 10.0. The first-order chi connectivity index (χ1) is 11.8. The molecule has 3 atom stereocenters. The van der Waals surface area contributed by atoms with Crippen LogP contribution >= 0.6 is 11.8 Å². The molecule has 2 amide bonds. The number of hydrogen-bond donors (Lipinski definition) is 3. The topological polar surface area (TPSA) is 95.5 Å². The Morgan fingerprint density at radius 1 is 1.12 bits per heavy atom. The van der Waals surface area contributed by atoms with Crippen LogP contribution in [0.3, 0.4) is 0 Å². The van der Waals surface area contributed by atoms with Crippen molar-refractivity contribution >= 4 is 29.5 Å². The molecule has 0 bridgehead atoms. The van der Waals surface area contributed by atoms with Crippen LogP contribution in [0.2, 0.25) is 0 Å². The van der Waals surface area contributed by atoms with Gasteiger partial charge < -0.3 is 15.7 Å². The highest BCUT2D eigenvalue weighted by atomic mass is 32.2. The predicted molar refractivity (Wildman–Crippen MR) is 99.5 cm³/mol. The summed E-state index contributed by atoms with van der Waals surface area (Å²) in [6.07, 6.45) is 2.61. The summed E-state index contributed by atoms with van der Waals surface area (Å²) in [6.45, 7) is 3.19. The van der Waals surface area contributed by atoms with E-state index in [4.69, 9.17) is 5.11 Å². The van der Waals surface area contributed by atoms with E-state index in [1.54, 1.807) is 18.7 Å². The molecule has 1 rings (SSSR count). The second-order valence-corrected chi connectivity index (χ2v) is 6.97. The zero-order valence-corrected chi connectivity index (χ0v) is 15.6. The van der Waals surface area contributed by atoms with Crippen molar-refractivity contribution in [2.45, 2.75) is 38.8 Å². The Hall–Kier alpha value is -2.02. The first-order valence-corrected chi connectivity index (χ1v) is 9.60. The van der Waals surface area contributed by atoms with Gasteiger partial charge in [0.25, 0.3) is 0 Å². The number of benzene rings is 1. The number of thioether (sulfide) groups is 1. The lowest BCUT2D eigenvalue weighted by Crippen LogP contribution is -2.51. The maximum atomic E-state index is 12.4. The van der Waals surface area contributed by atoms with Crippen LogP contribution in [0.1, 0.15) is 25.8 Å². The van der Waals surface area contributed by atoms with Gasteiger partial charge in [-0.05, 0) is 37.8 Å². The molecular formula is C18H26N2O4S. The van der Waals surface area contributed by atoms with E-state index >= 15 is 0 Å². The quantitative estimate of drug-likeness (QED) is 0.586. The number of aliphatic carboxylic acids is 1. The average molecular weight is 366 g/mol. The highest BCUT2D eigenvalue weighted by molar-refractivity contribution is 7.98. The van der Waals surface area contributed by atoms with Gasteiger partial charge in [0.05, 0.1) is 12.3 Å². The predicted octanol–water partition coefficient (Wildman–Crippen LogP) is 1.69. The second-order valence-electron chi connectivity index (χ2n) is 5.99. The summed E-state index contributed by atoms with van der Waals surface area (Å²) in [4.78, 5) is 35.7. The summed E-state index contributed by atoms with van der Waals surface area (Å²) in [5.41, 5.74) is 0.872. The Morgan fingerprint density at radius 3 is 2.32 bits per heavy atom. The van der Waals surface area contributed by atoms with Crippen molar-refractivity contribution in [1.29, 1.82) is 0 Å². The summed E-state index contributed by atoms with van der Waals surface area (Å²) in [6, 6.07) is 8.10. The van der Waals surface area contributed by atoms with E-state index < -0.39 is 24.0 Å². The van der Waals surface area contributed by atoms with Gasteiger partial charge in [0.1, 0.15) is 6.04 Å². The van der Waals surface area contributed by atoms with E-state index in [1.807, 2.05) is 36.6 Å². The number of hydrogen-bond acceptors (Lipinski definition) is 4. The molecule has 6 nitrogen and oxygen atoms in total. The molecular weight excluding hydrogens is 340 g/mol. The van der Waals surface area contributed by atoms with Gasteiger partial charge in [0.2, 0.25) is 11.8 Å². The lowest BCUT2D eigenvalue weighted by molar-refractivity contribution is -0.142. The molecule has 138 valence electrons. The van der Waals surface area contributed by atoms with Crippen molar-refractivity contribution in [3.63, 3.8) is 0 Å². The molecule has 7 heteroatoms. The number of carbonyl (C=O) groups excluding carboxylic acids is 2. The van der Waals surface area contributed by atoms with Crippen LogP contribution in [0.5, 0.6) is 0 Å². The third-order valence-corrected chi connectivity index (χ3v) is 4.62. The van der Waals surface area contributed by atoms with Crippen molar-refractivity contribution < 1.29 is 19.5 Å². The molecule has 1 aromatic carbocycles. The lowest BCUT2D eigenvalue weighted by Gasteiger charge is -2.23. The summed E-state index contributed by atoms with van der Waals surface area (Å²) in [5.74, 6) is -1.54. The van der Waals surface area contributed by atoms with Crippen molar-refractivity contribution in [2.75, 3.05) is 12.0 Å². The maximum absolute atomic E-state index is 12.4. The van der Waals surface area contributed by atoms with Gasteiger partial charge in [-0.1, -0.05) is 30.3 Å². The zero-order chi connectivity index (χ0) is 18.8. The summed E-state index contributed by atoms with van der Waals surface area (Å²) < 4.78 is 0. The molecule has 0 heterocycles. The van der Waals surface area contributed by atoms with Gasteiger partial charge in [-0.25, -0.2) is 0 Å². The maximum Gasteiger partial charge on any atom is 0.308 e. The first-order valence-electron chi connectivity index (χ1n) is 8.20. The third-order valence-electron chi connectivity index (χ3n) is 3.98. The summed E-state index contributed by atoms with van der Waals surface area (Å²) >= 11 is 1.58. The van der Waals surface area contributed by atoms with Crippen LogP contribution in [-0.2, 0) is 20.8 Å². The highest BCUT2D eigenvalue weighted by Crippen LogP contribution is 2.07. The van der Waals surface area contributed by atoms with Crippen molar-refractivity contribution in [3.05, 3.63) is 35.9 Å². The molecule has 0 saturated carbocycles. The number of amides is 2. The smallest absolute Gasteiger partial charge is 0.308 e. The van der Waals surface area contributed by atoms with E-state index in [0.717, 1.165) is 5.56 Å². The van der Waals surface area contributed by atoms with Gasteiger partial charge in [-0.15, -0.1) is 0 Å². The van der Waals surface area contributed by atoms with Gasteiger partial charge >= 0.3 is 5.97 Å². The number of rotatable bonds is 10. The molecule has 0 aromatic heterocycles. The molecule has 0 saturated heterocycles. The van der Waals surface area contributed by atoms with E-state index in [2.05, 4.69) is 10.6 Å². The van der Waals surface area contributed by atoms with Gasteiger partial charge in [0.15, 0.2) is 0 Å². The largest absolute Gasteiger partial charge is 0.481 e. The number of carboxylic acids is 1. The average Bonchev–Trinajstić information content (AvgIpc) is 2.58. The van der Waals surface area contributed by atoms with Crippen molar-refractivity contribution in [3.8, 4) is 0 Å². The fourth-order valence-corrected chi connectivity index (χ4v) is 2.67. The minimum absolute atomic E-state index is 0.199. The fraction of sp³-hybridized carbons (Fsp3) is 0.500. The molecule has 0 radical (unpaired) electrons. The Bertz CT molecular complexity index is 580. The van der Waals surface area contributed by atoms with Gasteiger partial charge in [-0.2, -0.15) is 11.8 Å². The Morgan fingerprint density at radius 2 is 1.76 bits per heavy atom. The van der Waals surface area contributed by atoms with Crippen LogP contribution in [-0.4, -0.2) is 47.0 Å². The Balaban J connectivity index is 2.67. The molecule has 0 spiro atoms. The summed E-state index contributed by atoms with van der Waals surface area (Å²) in [5, 5.41) is 14.5. The molecule has 0 aliphatic rings. The first kappa shape index (κ1) is 21.0. The van der Waals surface area contributed by atoms with E-state index in [1.165, 1.54) is 6.92 Å². The van der Waals surface area contributed by atoms with Gasteiger partial charge in [-0.3, -0.25) is 14.4 Å². The molecule has 0 aliphatic heterocycles. The minimum atomic E-state index is -0.971. The Kier molecular flexibility index (Phi) is 9.05. The van der Waals surface area contributed by atoms with Crippen molar-refractivity contribution in [2.24, 2.45) is 5.92 Å². The molecule has 25 heavy (non-hydrogen) atoms. The third kappa shape index (κ3) is 7.60. The SMILES string of the molecule is CSCCC(NC(=O)Cc1ccccc1)C(=O)NC(C)C(C)C(=O)O.